The second-order valence-electron chi connectivity index (χ2n) is 9.29. The van der Waals surface area contributed by atoms with E-state index in [0.29, 0.717) is 24.0 Å². The first kappa shape index (κ1) is 19.9. The van der Waals surface area contributed by atoms with Crippen LogP contribution in [0.5, 0.6) is 0 Å². The number of carbonyl (C=O) groups excluding carboxylic acids is 2. The Hall–Kier alpha value is -0.900. The van der Waals surface area contributed by atoms with Gasteiger partial charge in [0.2, 0.25) is 5.91 Å². The predicted octanol–water partition coefficient (Wildman–Crippen LogP) is 3.98. The first-order chi connectivity index (χ1) is 12.4. The van der Waals surface area contributed by atoms with Crippen LogP contribution in [0.4, 0.5) is 0 Å². The van der Waals surface area contributed by atoms with Gasteiger partial charge in [-0.3, -0.25) is 9.59 Å². The number of Topliss-reactive ketones (excluding diaryl/α,β-unsaturated/α-hetero) is 1. The molecule has 0 spiro atoms. The molecule has 26 heavy (non-hydrogen) atoms. The van der Waals surface area contributed by atoms with Gasteiger partial charge in [-0.15, -0.1) is 0 Å². The maximum atomic E-state index is 13.5. The first-order valence-corrected chi connectivity index (χ1v) is 11.0. The van der Waals surface area contributed by atoms with Gasteiger partial charge in [-0.2, -0.15) is 0 Å². The quantitative estimate of drug-likeness (QED) is 0.703. The van der Waals surface area contributed by atoms with Gasteiger partial charge in [-0.1, -0.05) is 39.5 Å². The molecule has 1 amide bonds. The van der Waals surface area contributed by atoms with E-state index in [2.05, 4.69) is 24.5 Å². The Kier molecular flexibility index (Phi) is 6.11. The summed E-state index contributed by atoms with van der Waals surface area (Å²) in [6, 6.07) is 0.0120. The zero-order valence-electron chi connectivity index (χ0n) is 17.0. The Morgan fingerprint density at radius 1 is 1.12 bits per heavy atom. The fraction of sp³-hybridized carbons (Fsp3) is 0.909. The molecule has 2 aliphatic carbocycles. The van der Waals surface area contributed by atoms with E-state index < -0.39 is 0 Å². The number of carbonyl (C=O) groups is 2. The van der Waals surface area contributed by atoms with Crippen molar-refractivity contribution in [2.24, 2.45) is 17.3 Å². The molecule has 148 valence electrons. The van der Waals surface area contributed by atoms with E-state index >= 15 is 0 Å². The van der Waals surface area contributed by atoms with E-state index in [-0.39, 0.29) is 22.9 Å². The molecule has 3 rings (SSSR count). The summed E-state index contributed by atoms with van der Waals surface area (Å²) in [5.41, 5.74) is -0.205. The van der Waals surface area contributed by atoms with Gasteiger partial charge < -0.3 is 10.6 Å². The zero-order chi connectivity index (χ0) is 18.8. The van der Waals surface area contributed by atoms with Crippen molar-refractivity contribution in [2.75, 3.05) is 6.54 Å². The number of nitrogens with one attached hydrogen (secondary N) is 2. The number of fused-ring (bicyclic) bond motifs is 5. The molecule has 4 nitrogen and oxygen atoms in total. The first-order valence-electron chi connectivity index (χ1n) is 11.0. The highest BCUT2D eigenvalue weighted by Gasteiger charge is 2.68. The second kappa shape index (κ2) is 8.00. The maximum absolute atomic E-state index is 13.5. The van der Waals surface area contributed by atoms with Crippen LogP contribution >= 0.6 is 0 Å². The van der Waals surface area contributed by atoms with Gasteiger partial charge in [0.25, 0.3) is 0 Å². The predicted molar refractivity (Wildman–Crippen MR) is 105 cm³/mol. The van der Waals surface area contributed by atoms with E-state index in [9.17, 15) is 9.59 Å². The van der Waals surface area contributed by atoms with E-state index in [1.807, 2.05) is 6.92 Å². The highest BCUT2D eigenvalue weighted by atomic mass is 16.1. The van der Waals surface area contributed by atoms with Crippen molar-refractivity contribution in [2.45, 2.75) is 103 Å². The van der Waals surface area contributed by atoms with E-state index in [1.165, 1.54) is 44.9 Å². The molecule has 5 unspecified atom stereocenters. The molecule has 4 heteroatoms. The number of amides is 1. The molecule has 2 bridgehead atoms. The Balaban J connectivity index is 1.62. The van der Waals surface area contributed by atoms with Crippen molar-refractivity contribution >= 4 is 11.7 Å². The Morgan fingerprint density at radius 2 is 1.81 bits per heavy atom. The summed E-state index contributed by atoms with van der Waals surface area (Å²) in [4.78, 5) is 24.8. The lowest BCUT2D eigenvalue weighted by Crippen LogP contribution is -2.52. The van der Waals surface area contributed by atoms with Gasteiger partial charge in [0, 0.05) is 23.9 Å². The molecule has 3 aliphatic rings. The lowest BCUT2D eigenvalue weighted by atomic mass is 9.65. The number of ketones is 1. The molecule has 0 aromatic heterocycles. The molecule has 2 saturated carbocycles. The summed E-state index contributed by atoms with van der Waals surface area (Å²) in [5, 5.41) is 6.77. The van der Waals surface area contributed by atoms with Crippen molar-refractivity contribution in [3.8, 4) is 0 Å². The zero-order valence-corrected chi connectivity index (χ0v) is 17.0. The van der Waals surface area contributed by atoms with Crippen LogP contribution in [0.15, 0.2) is 0 Å². The standard InChI is InChI=1S/C22H38N2O2/c1-4-19(25)23-14-10-9-13-18-20(26)21(2)16-11-7-5-6-8-12-17(15-16)22(21,3)24-18/h16-18,24H,4-15H2,1-3H3,(H,23,25). The molecule has 1 saturated heterocycles. The minimum atomic E-state index is -0.184. The highest BCUT2D eigenvalue weighted by Crippen LogP contribution is 2.61. The third-order valence-electron chi connectivity index (χ3n) is 8.00. The summed E-state index contributed by atoms with van der Waals surface area (Å²) in [7, 11) is 0. The number of rotatable bonds is 6. The van der Waals surface area contributed by atoms with Crippen LogP contribution in [0.2, 0.25) is 0 Å². The average Bonchev–Trinajstić information content (AvgIpc) is 3.02. The van der Waals surface area contributed by atoms with Gasteiger partial charge >= 0.3 is 0 Å². The third kappa shape index (κ3) is 3.34. The van der Waals surface area contributed by atoms with Crippen molar-refractivity contribution in [1.29, 1.82) is 0 Å². The summed E-state index contributed by atoms with van der Waals surface area (Å²) in [6.07, 6.45) is 12.5. The molecule has 5 atom stereocenters. The van der Waals surface area contributed by atoms with Crippen molar-refractivity contribution in [1.82, 2.24) is 10.6 Å². The summed E-state index contributed by atoms with van der Waals surface area (Å²) in [6.45, 7) is 7.22. The Bertz CT molecular complexity index is 534. The summed E-state index contributed by atoms with van der Waals surface area (Å²) >= 11 is 0. The van der Waals surface area contributed by atoms with Crippen molar-refractivity contribution in [3.63, 3.8) is 0 Å². The van der Waals surface area contributed by atoms with E-state index in [4.69, 9.17) is 0 Å². The fourth-order valence-electron chi connectivity index (χ4n) is 6.15. The van der Waals surface area contributed by atoms with Gasteiger partial charge in [0.05, 0.1) is 6.04 Å². The average molecular weight is 363 g/mol. The SMILES string of the molecule is CCC(=O)NCCCCC1NC2(C)C3CCCCCCC(C3)C2(C)C1=O. The van der Waals surface area contributed by atoms with Gasteiger partial charge in [0.1, 0.15) is 0 Å². The van der Waals surface area contributed by atoms with E-state index in [0.717, 1.165) is 25.8 Å². The smallest absolute Gasteiger partial charge is 0.219 e. The highest BCUT2D eigenvalue weighted by molar-refractivity contribution is 5.94. The normalized spacial score (nSPS) is 39.8. The van der Waals surface area contributed by atoms with Crippen molar-refractivity contribution < 1.29 is 9.59 Å². The van der Waals surface area contributed by atoms with Crippen LogP contribution in [0, 0.1) is 17.3 Å². The van der Waals surface area contributed by atoms with Gasteiger partial charge in [-0.05, 0) is 57.3 Å². The molecule has 0 aromatic rings. The number of hydrogen-bond donors (Lipinski definition) is 2. The minimum absolute atomic E-state index is 0.0120. The lowest BCUT2D eigenvalue weighted by molar-refractivity contribution is -0.129. The van der Waals surface area contributed by atoms with Gasteiger partial charge in [0.15, 0.2) is 5.78 Å². The maximum Gasteiger partial charge on any atom is 0.219 e. The van der Waals surface area contributed by atoms with Crippen molar-refractivity contribution in [3.05, 3.63) is 0 Å². The molecule has 1 heterocycles. The second-order valence-corrected chi connectivity index (χ2v) is 9.29. The third-order valence-corrected chi connectivity index (χ3v) is 8.00. The molecule has 1 aliphatic heterocycles. The van der Waals surface area contributed by atoms with Crippen LogP contribution in [-0.4, -0.2) is 29.8 Å². The lowest BCUT2D eigenvalue weighted by Gasteiger charge is -2.40. The number of unbranched alkanes of at least 4 members (excludes halogenated alkanes) is 1. The monoisotopic (exact) mass is 362 g/mol. The van der Waals surface area contributed by atoms with Crippen LogP contribution in [0.25, 0.3) is 0 Å². The van der Waals surface area contributed by atoms with Crippen LogP contribution in [0.3, 0.4) is 0 Å². The minimum Gasteiger partial charge on any atom is -0.356 e. The molecule has 2 N–H and O–H groups in total. The Morgan fingerprint density at radius 3 is 2.50 bits per heavy atom. The largest absolute Gasteiger partial charge is 0.356 e. The van der Waals surface area contributed by atoms with Crippen LogP contribution in [-0.2, 0) is 9.59 Å². The Labute approximate surface area is 159 Å². The summed E-state index contributed by atoms with van der Waals surface area (Å²) < 4.78 is 0. The molecule has 3 fully saturated rings. The van der Waals surface area contributed by atoms with E-state index in [1.54, 1.807) is 0 Å². The molecule has 0 radical (unpaired) electrons. The van der Waals surface area contributed by atoms with Gasteiger partial charge in [-0.25, -0.2) is 0 Å². The fourth-order valence-corrected chi connectivity index (χ4v) is 6.15. The van der Waals surface area contributed by atoms with Crippen LogP contribution in [0.1, 0.15) is 91.4 Å². The molecule has 0 aromatic carbocycles. The molecular formula is C22H38N2O2. The molecular weight excluding hydrogens is 324 g/mol. The topological polar surface area (TPSA) is 58.2 Å². The number of hydrogen-bond acceptors (Lipinski definition) is 3. The summed E-state index contributed by atoms with van der Waals surface area (Å²) in [5.74, 6) is 1.80. The van der Waals surface area contributed by atoms with Crippen LogP contribution < -0.4 is 10.6 Å².